The normalized spacial score (nSPS) is 11.4. The Morgan fingerprint density at radius 1 is 1.11 bits per heavy atom. The Morgan fingerprint density at radius 3 is 2.06 bits per heavy atom. The molecule has 0 unspecified atom stereocenters. The number of carbonyl (C=O) groups is 1. The summed E-state index contributed by atoms with van der Waals surface area (Å²) in [5, 5.41) is 0. The molecule has 0 N–H and O–H groups in total. The van der Waals surface area contributed by atoms with Crippen molar-refractivity contribution in [3.8, 4) is 0 Å². The van der Waals surface area contributed by atoms with Gasteiger partial charge >= 0.3 is 5.97 Å². The summed E-state index contributed by atoms with van der Waals surface area (Å²) in [5.41, 5.74) is 4.71. The van der Waals surface area contributed by atoms with E-state index < -0.39 is 5.41 Å². The summed E-state index contributed by atoms with van der Waals surface area (Å²) in [7, 11) is 0. The van der Waals surface area contributed by atoms with Crippen LogP contribution in [0.4, 0.5) is 0 Å². The third-order valence-electron chi connectivity index (χ3n) is 3.04. The van der Waals surface area contributed by atoms with Gasteiger partial charge in [0.1, 0.15) is 0 Å². The van der Waals surface area contributed by atoms with Gasteiger partial charge in [0.05, 0.1) is 12.0 Å². The van der Waals surface area contributed by atoms with Crippen LogP contribution in [0.5, 0.6) is 0 Å². The van der Waals surface area contributed by atoms with E-state index in [1.807, 2.05) is 20.8 Å². The molecular formula is C16H24O2. The number of aryl methyl sites for hydroxylation is 3. The number of benzene rings is 1. The fourth-order valence-corrected chi connectivity index (χ4v) is 2.07. The van der Waals surface area contributed by atoms with Crippen LogP contribution in [0.3, 0.4) is 0 Å². The molecule has 18 heavy (non-hydrogen) atoms. The van der Waals surface area contributed by atoms with Crippen molar-refractivity contribution in [3.05, 3.63) is 34.4 Å². The molecule has 2 nitrogen and oxygen atoms in total. The van der Waals surface area contributed by atoms with Crippen molar-refractivity contribution in [1.29, 1.82) is 0 Å². The average Bonchev–Trinajstić information content (AvgIpc) is 2.19. The van der Waals surface area contributed by atoms with E-state index in [9.17, 15) is 4.79 Å². The minimum atomic E-state index is -0.419. The highest BCUT2D eigenvalue weighted by atomic mass is 16.5. The van der Waals surface area contributed by atoms with Crippen molar-refractivity contribution in [2.75, 3.05) is 6.61 Å². The van der Waals surface area contributed by atoms with Gasteiger partial charge in [-0.1, -0.05) is 17.7 Å². The van der Waals surface area contributed by atoms with E-state index in [0.29, 0.717) is 6.61 Å². The van der Waals surface area contributed by atoms with Gasteiger partial charge in [0.15, 0.2) is 0 Å². The molecule has 0 aliphatic heterocycles. The molecule has 0 fully saturated rings. The molecule has 1 aromatic carbocycles. The van der Waals surface area contributed by atoms with Crippen LogP contribution in [0, 0.1) is 26.2 Å². The maximum atomic E-state index is 11.7. The smallest absolute Gasteiger partial charge is 0.311 e. The topological polar surface area (TPSA) is 26.3 Å². The summed E-state index contributed by atoms with van der Waals surface area (Å²) in [6, 6.07) is 4.35. The quantitative estimate of drug-likeness (QED) is 0.762. The van der Waals surface area contributed by atoms with Gasteiger partial charge < -0.3 is 4.74 Å². The Hall–Kier alpha value is -1.31. The maximum Gasteiger partial charge on any atom is 0.311 e. The molecule has 0 aliphatic carbocycles. The molecular weight excluding hydrogens is 224 g/mol. The third-order valence-corrected chi connectivity index (χ3v) is 3.04. The summed E-state index contributed by atoms with van der Waals surface area (Å²) in [5.74, 6) is -0.134. The summed E-state index contributed by atoms with van der Waals surface area (Å²) < 4.78 is 5.31. The van der Waals surface area contributed by atoms with Crippen LogP contribution in [-0.2, 0) is 16.0 Å². The number of hydrogen-bond donors (Lipinski definition) is 0. The van der Waals surface area contributed by atoms with Gasteiger partial charge in [0.2, 0.25) is 0 Å². The van der Waals surface area contributed by atoms with Gasteiger partial charge in [-0.25, -0.2) is 0 Å². The second-order valence-corrected chi connectivity index (χ2v) is 6.01. The molecule has 0 radical (unpaired) electrons. The van der Waals surface area contributed by atoms with Crippen LogP contribution in [0.25, 0.3) is 0 Å². The molecule has 0 spiro atoms. The molecule has 1 rings (SSSR count). The first kappa shape index (κ1) is 14.7. The molecule has 0 bridgehead atoms. The van der Waals surface area contributed by atoms with E-state index >= 15 is 0 Å². The van der Waals surface area contributed by atoms with E-state index in [1.54, 1.807) is 0 Å². The molecule has 100 valence electrons. The molecule has 0 saturated carbocycles. The summed E-state index contributed by atoms with van der Waals surface area (Å²) in [4.78, 5) is 11.7. The lowest BCUT2D eigenvalue weighted by molar-refractivity contribution is -0.152. The number of hydrogen-bond acceptors (Lipinski definition) is 2. The van der Waals surface area contributed by atoms with Crippen molar-refractivity contribution >= 4 is 5.97 Å². The highest BCUT2D eigenvalue weighted by molar-refractivity contribution is 5.75. The zero-order valence-electron chi connectivity index (χ0n) is 12.4. The molecule has 0 aromatic heterocycles. The molecule has 0 saturated heterocycles. The monoisotopic (exact) mass is 248 g/mol. The van der Waals surface area contributed by atoms with Crippen LogP contribution in [0.15, 0.2) is 12.1 Å². The number of rotatable bonds is 3. The van der Waals surface area contributed by atoms with Crippen LogP contribution in [0.1, 0.15) is 43.0 Å². The van der Waals surface area contributed by atoms with Crippen molar-refractivity contribution in [1.82, 2.24) is 0 Å². The lowest BCUT2D eigenvalue weighted by Crippen LogP contribution is -2.24. The van der Waals surface area contributed by atoms with Crippen molar-refractivity contribution in [3.63, 3.8) is 0 Å². The lowest BCUT2D eigenvalue weighted by atomic mass is 9.97. The number of esters is 1. The largest absolute Gasteiger partial charge is 0.465 e. The highest BCUT2D eigenvalue weighted by Crippen LogP contribution is 2.18. The van der Waals surface area contributed by atoms with Gasteiger partial charge in [0.25, 0.3) is 0 Å². The molecule has 0 amide bonds. The minimum absolute atomic E-state index is 0.134. The standard InChI is InChI=1S/C16H24O2/c1-11-9-12(2)14(13(3)10-11)7-8-18-15(17)16(4,5)6/h9-10H,7-8H2,1-6H3. The fourth-order valence-electron chi connectivity index (χ4n) is 2.07. The van der Waals surface area contributed by atoms with E-state index in [0.717, 1.165) is 6.42 Å². The molecule has 0 aliphatic rings. The van der Waals surface area contributed by atoms with Crippen molar-refractivity contribution < 1.29 is 9.53 Å². The van der Waals surface area contributed by atoms with Crippen molar-refractivity contribution in [2.45, 2.75) is 48.0 Å². The Kier molecular flexibility index (Phi) is 4.55. The fraction of sp³-hybridized carbons (Fsp3) is 0.562. The summed E-state index contributed by atoms with van der Waals surface area (Å²) in [6.07, 6.45) is 0.791. The lowest BCUT2D eigenvalue weighted by Gasteiger charge is -2.17. The number of carbonyl (C=O) groups excluding carboxylic acids is 1. The second kappa shape index (κ2) is 5.55. The second-order valence-electron chi connectivity index (χ2n) is 6.01. The van der Waals surface area contributed by atoms with Crippen LogP contribution >= 0.6 is 0 Å². The SMILES string of the molecule is Cc1cc(C)c(CCOC(=O)C(C)(C)C)c(C)c1. The zero-order valence-corrected chi connectivity index (χ0v) is 12.4. The first-order valence-corrected chi connectivity index (χ1v) is 6.46. The van der Waals surface area contributed by atoms with E-state index in [1.165, 1.54) is 22.3 Å². The minimum Gasteiger partial charge on any atom is -0.465 e. The Bertz CT molecular complexity index is 416. The first-order valence-electron chi connectivity index (χ1n) is 6.46. The Balaban J connectivity index is 2.63. The van der Waals surface area contributed by atoms with Crippen LogP contribution < -0.4 is 0 Å². The van der Waals surface area contributed by atoms with Gasteiger partial charge in [-0.3, -0.25) is 4.79 Å². The first-order chi connectivity index (χ1) is 8.21. The van der Waals surface area contributed by atoms with Crippen LogP contribution in [0.2, 0.25) is 0 Å². The van der Waals surface area contributed by atoms with Gasteiger partial charge in [-0.15, -0.1) is 0 Å². The highest BCUT2D eigenvalue weighted by Gasteiger charge is 2.22. The molecule has 2 heteroatoms. The predicted octanol–water partition coefficient (Wildman–Crippen LogP) is 3.74. The van der Waals surface area contributed by atoms with Gasteiger partial charge in [-0.2, -0.15) is 0 Å². The maximum absolute atomic E-state index is 11.7. The summed E-state index contributed by atoms with van der Waals surface area (Å²) >= 11 is 0. The van der Waals surface area contributed by atoms with Gasteiger partial charge in [0, 0.05) is 6.42 Å². The molecule has 0 heterocycles. The Labute approximate surface area is 110 Å². The molecule has 0 atom stereocenters. The third kappa shape index (κ3) is 3.86. The van der Waals surface area contributed by atoms with Gasteiger partial charge in [-0.05, 0) is 58.2 Å². The number of ether oxygens (including phenoxy) is 1. The zero-order chi connectivity index (χ0) is 13.9. The average molecular weight is 248 g/mol. The van der Waals surface area contributed by atoms with E-state index in [2.05, 4.69) is 32.9 Å². The van der Waals surface area contributed by atoms with Crippen LogP contribution in [-0.4, -0.2) is 12.6 Å². The Morgan fingerprint density at radius 2 is 1.61 bits per heavy atom. The molecule has 1 aromatic rings. The summed E-state index contributed by atoms with van der Waals surface area (Å²) in [6.45, 7) is 12.4. The van der Waals surface area contributed by atoms with Crippen molar-refractivity contribution in [2.24, 2.45) is 5.41 Å². The predicted molar refractivity (Wildman–Crippen MR) is 74.8 cm³/mol. The van der Waals surface area contributed by atoms with E-state index in [4.69, 9.17) is 4.74 Å². The van der Waals surface area contributed by atoms with E-state index in [-0.39, 0.29) is 5.97 Å².